The van der Waals surface area contributed by atoms with Crippen LogP contribution in [0.2, 0.25) is 0 Å². The van der Waals surface area contributed by atoms with Crippen LogP contribution in [0.5, 0.6) is 0 Å². The van der Waals surface area contributed by atoms with Gasteiger partial charge in [-0.2, -0.15) is 0 Å². The van der Waals surface area contributed by atoms with Crippen LogP contribution >= 0.6 is 0 Å². The van der Waals surface area contributed by atoms with Crippen molar-refractivity contribution in [3.8, 4) is 27.9 Å². The van der Waals surface area contributed by atoms with Crippen molar-refractivity contribution >= 4 is 40.1 Å². The predicted molar refractivity (Wildman–Crippen MR) is 236 cm³/mol. The number of benzene rings is 6. The number of nitrogens with zero attached hydrogens (tertiary/aromatic N) is 5. The molecule has 6 aromatic carbocycles. The average molecular weight is 728 g/mol. The maximum absolute atomic E-state index is 4.86. The first kappa shape index (κ1) is 36.3. The number of aromatic nitrogens is 3. The number of hydrogen-bond donors (Lipinski definition) is 0. The van der Waals surface area contributed by atoms with Crippen molar-refractivity contribution < 1.29 is 0 Å². The summed E-state index contributed by atoms with van der Waals surface area (Å²) in [7, 11) is 0. The lowest BCUT2D eigenvalue weighted by atomic mass is 9.81. The molecular weight excluding hydrogens is 683 g/mol. The first-order chi connectivity index (χ1) is 27.2. The molecule has 1 aliphatic carbocycles. The van der Waals surface area contributed by atoms with Crippen molar-refractivity contribution in [3.05, 3.63) is 192 Å². The van der Waals surface area contributed by atoms with E-state index in [0.717, 1.165) is 51.2 Å². The monoisotopic (exact) mass is 727 g/mol. The molecule has 5 heteroatoms. The van der Waals surface area contributed by atoms with Gasteiger partial charge in [-0.15, -0.1) is 0 Å². The summed E-state index contributed by atoms with van der Waals surface area (Å²) in [6.07, 6.45) is 3.60. The van der Waals surface area contributed by atoms with E-state index >= 15 is 0 Å². The molecule has 0 aliphatic heterocycles. The van der Waals surface area contributed by atoms with Crippen molar-refractivity contribution in [1.29, 1.82) is 0 Å². The van der Waals surface area contributed by atoms with E-state index in [1.807, 2.05) is 42.6 Å². The summed E-state index contributed by atoms with van der Waals surface area (Å²) in [5.41, 5.74) is 19.3. The minimum atomic E-state index is -0.146. The molecule has 0 saturated heterocycles. The molecule has 0 fully saturated rings. The molecule has 2 aromatic heterocycles. The lowest BCUT2D eigenvalue weighted by Crippen LogP contribution is -2.15. The molecule has 56 heavy (non-hydrogen) atoms. The van der Waals surface area contributed by atoms with Gasteiger partial charge in [0, 0.05) is 27.8 Å². The van der Waals surface area contributed by atoms with E-state index in [1.165, 1.54) is 49.9 Å². The molecule has 0 atom stereocenters. The Kier molecular flexibility index (Phi) is 9.61. The minimum Gasteiger partial charge on any atom is -0.306 e. The third-order valence-electron chi connectivity index (χ3n) is 11.2. The molecule has 0 amide bonds. The standard InChI is InChI=1S/C36H30N4.C15H15N/c1-21-14-15-24(18-29(21)26-12-9-11-25(22(26)2)23(3)37-6)40-31-17-16-28-27-10-7-8-13-30(27)36(4,5)34(28)33(31)35-32(40)19-38-20-39-35;1-13(15-10-6-3-7-11-15)16-12-14-8-4-2-5-9-14/h7-20H,3,6H2,1-2,4-5H3;2-11H,12H2,1H3. The van der Waals surface area contributed by atoms with Crippen molar-refractivity contribution in [2.45, 2.75) is 46.6 Å². The molecule has 2 heterocycles. The van der Waals surface area contributed by atoms with Gasteiger partial charge in [0.05, 0.1) is 29.5 Å². The van der Waals surface area contributed by atoms with Crippen LogP contribution in [0.4, 0.5) is 0 Å². The van der Waals surface area contributed by atoms with Gasteiger partial charge < -0.3 is 4.57 Å². The van der Waals surface area contributed by atoms with Crippen LogP contribution in [0.1, 0.15) is 59.7 Å². The Morgan fingerprint density at radius 1 is 0.732 bits per heavy atom. The molecule has 0 unspecified atom stereocenters. The number of hydrogen-bond acceptors (Lipinski definition) is 4. The van der Waals surface area contributed by atoms with E-state index in [4.69, 9.17) is 4.98 Å². The van der Waals surface area contributed by atoms with Crippen LogP contribution in [0.25, 0.3) is 55.6 Å². The van der Waals surface area contributed by atoms with Gasteiger partial charge in [-0.25, -0.2) is 9.97 Å². The van der Waals surface area contributed by atoms with Gasteiger partial charge in [0.25, 0.3) is 0 Å². The predicted octanol–water partition coefficient (Wildman–Crippen LogP) is 12.5. The second-order valence-corrected chi connectivity index (χ2v) is 15.0. The fourth-order valence-electron chi connectivity index (χ4n) is 8.30. The zero-order valence-electron chi connectivity index (χ0n) is 32.7. The smallest absolute Gasteiger partial charge is 0.116 e. The zero-order valence-corrected chi connectivity index (χ0v) is 32.7. The largest absolute Gasteiger partial charge is 0.306 e. The first-order valence-electron chi connectivity index (χ1n) is 19.0. The first-order valence-corrected chi connectivity index (χ1v) is 19.0. The van der Waals surface area contributed by atoms with Gasteiger partial charge in [0.15, 0.2) is 0 Å². The Morgan fingerprint density at radius 2 is 1.45 bits per heavy atom. The Labute approximate surface area is 329 Å². The van der Waals surface area contributed by atoms with Crippen molar-refractivity contribution in [3.63, 3.8) is 0 Å². The molecule has 0 bridgehead atoms. The van der Waals surface area contributed by atoms with Gasteiger partial charge in [-0.1, -0.05) is 136 Å². The average Bonchev–Trinajstić information content (AvgIpc) is 3.69. The van der Waals surface area contributed by atoms with Gasteiger partial charge in [0.1, 0.15) is 11.8 Å². The highest BCUT2D eigenvalue weighted by molar-refractivity contribution is 6.12. The number of aryl methyl sites for hydroxylation is 1. The summed E-state index contributed by atoms with van der Waals surface area (Å²) < 4.78 is 2.32. The van der Waals surface area contributed by atoms with Crippen molar-refractivity contribution in [2.75, 3.05) is 0 Å². The Morgan fingerprint density at radius 3 is 2.21 bits per heavy atom. The van der Waals surface area contributed by atoms with Gasteiger partial charge in [-0.05, 0) is 101 Å². The summed E-state index contributed by atoms with van der Waals surface area (Å²) in [6.45, 7) is 19.5. The summed E-state index contributed by atoms with van der Waals surface area (Å²) >= 11 is 0. The number of rotatable bonds is 7. The zero-order chi connectivity index (χ0) is 39.0. The molecule has 9 rings (SSSR count). The van der Waals surface area contributed by atoms with Gasteiger partial charge in [0.2, 0.25) is 0 Å². The Balaban J connectivity index is 0.000000231. The maximum Gasteiger partial charge on any atom is 0.116 e. The van der Waals surface area contributed by atoms with Crippen LogP contribution in [0, 0.1) is 13.8 Å². The molecule has 0 N–H and O–H groups in total. The summed E-state index contributed by atoms with van der Waals surface area (Å²) in [4.78, 5) is 18.0. The molecule has 8 aromatic rings. The topological polar surface area (TPSA) is 55.4 Å². The van der Waals surface area contributed by atoms with E-state index in [2.05, 4.69) is 165 Å². The fourth-order valence-corrected chi connectivity index (χ4v) is 8.30. The quantitative estimate of drug-likeness (QED) is 0.154. The van der Waals surface area contributed by atoms with Crippen LogP contribution in [0.15, 0.2) is 163 Å². The van der Waals surface area contributed by atoms with Crippen LogP contribution in [-0.4, -0.2) is 27.0 Å². The van der Waals surface area contributed by atoms with E-state index in [1.54, 1.807) is 6.33 Å². The molecule has 0 spiro atoms. The third-order valence-corrected chi connectivity index (χ3v) is 11.2. The highest BCUT2D eigenvalue weighted by atomic mass is 15.0. The van der Waals surface area contributed by atoms with Crippen LogP contribution < -0.4 is 0 Å². The van der Waals surface area contributed by atoms with Crippen LogP contribution in [0.3, 0.4) is 0 Å². The molecule has 5 nitrogen and oxygen atoms in total. The minimum absolute atomic E-state index is 0.146. The summed E-state index contributed by atoms with van der Waals surface area (Å²) in [5, 5.41) is 1.20. The molecule has 1 aliphatic rings. The normalized spacial score (nSPS) is 12.8. The highest BCUT2D eigenvalue weighted by Gasteiger charge is 2.38. The fraction of sp³-hybridized carbons (Fsp3) is 0.137. The molecular formula is C51H45N5. The lowest BCUT2D eigenvalue weighted by molar-refractivity contribution is 0.666. The molecule has 0 radical (unpaired) electrons. The lowest BCUT2D eigenvalue weighted by Gasteiger charge is -2.22. The Bertz CT molecular complexity index is 2810. The molecule has 274 valence electrons. The Hall–Kier alpha value is -6.72. The maximum atomic E-state index is 4.86. The number of fused-ring (bicyclic) bond motifs is 7. The second-order valence-electron chi connectivity index (χ2n) is 15.0. The van der Waals surface area contributed by atoms with Crippen molar-refractivity contribution in [1.82, 2.24) is 14.5 Å². The van der Waals surface area contributed by atoms with E-state index in [0.29, 0.717) is 5.70 Å². The summed E-state index contributed by atoms with van der Waals surface area (Å²) in [5.74, 6) is 0. The SMILES string of the molecule is C=NC(=C)c1cccc(-c2cc(-n3c4cncnc4c4c5c(ccc43)-c3ccccc3C5(C)C)ccc2C)c1C.CC(=NCc1ccccc1)c1ccccc1. The molecule has 0 saturated carbocycles. The van der Waals surface area contributed by atoms with E-state index < -0.39 is 0 Å². The highest BCUT2D eigenvalue weighted by Crippen LogP contribution is 2.53. The second kappa shape index (κ2) is 14.8. The van der Waals surface area contributed by atoms with Crippen molar-refractivity contribution in [2.24, 2.45) is 9.98 Å². The number of aliphatic imine (C=N–C) groups is 2. The summed E-state index contributed by atoms with van der Waals surface area (Å²) in [6, 6.07) is 46.9. The van der Waals surface area contributed by atoms with E-state index in [-0.39, 0.29) is 5.41 Å². The van der Waals surface area contributed by atoms with Crippen LogP contribution in [-0.2, 0) is 12.0 Å². The van der Waals surface area contributed by atoms with Gasteiger partial charge >= 0.3 is 0 Å². The third kappa shape index (κ3) is 6.35. The van der Waals surface area contributed by atoms with E-state index in [9.17, 15) is 0 Å². The van der Waals surface area contributed by atoms with Gasteiger partial charge in [-0.3, -0.25) is 9.98 Å².